The Hall–Kier alpha value is -5.99. The molecule has 0 radical (unpaired) electrons. The number of hydrogen-bond donors (Lipinski definition) is 11. The van der Waals surface area contributed by atoms with Crippen LogP contribution < -0.4 is 49.1 Å². The number of aliphatic hydroxyl groups excluding tert-OH is 1. The lowest BCUT2D eigenvalue weighted by Gasteiger charge is -2.27. The molecule has 3 aromatic rings. The van der Waals surface area contributed by atoms with E-state index in [-0.39, 0.29) is 25.2 Å². The van der Waals surface area contributed by atoms with Crippen LogP contribution in [0.3, 0.4) is 0 Å². The van der Waals surface area contributed by atoms with Gasteiger partial charge in [-0.2, -0.15) is 11.8 Å². The summed E-state index contributed by atoms with van der Waals surface area (Å²) >= 11 is 1.48. The number of nitrogens with two attached hydrogens (primary N) is 3. The van der Waals surface area contributed by atoms with Crippen LogP contribution in [0.25, 0.3) is 10.9 Å². The zero-order valence-electron chi connectivity index (χ0n) is 34.7. The van der Waals surface area contributed by atoms with Crippen molar-refractivity contribution in [2.45, 2.75) is 95.2 Å². The van der Waals surface area contributed by atoms with Gasteiger partial charge in [-0.25, -0.2) is 0 Å². The van der Waals surface area contributed by atoms with Crippen molar-refractivity contribution in [3.63, 3.8) is 0 Å². The number of benzene rings is 2. The Labute approximate surface area is 358 Å². The minimum absolute atomic E-state index is 0.0530. The number of primary amides is 2. The lowest BCUT2D eigenvalue weighted by molar-refractivity contribution is -0.135. The fraction of sp³-hybridized carbons (Fsp3) is 0.463. The second-order valence-electron chi connectivity index (χ2n) is 15.1. The smallest absolute Gasteiger partial charge is 0.245 e. The number of thioether (sulfide) groups is 1. The van der Waals surface area contributed by atoms with Crippen LogP contribution in [0.2, 0.25) is 0 Å². The normalized spacial score (nSPS) is 14.6. The van der Waals surface area contributed by atoms with E-state index in [9.17, 15) is 43.5 Å². The molecule has 20 heteroatoms. The van der Waals surface area contributed by atoms with E-state index >= 15 is 0 Å². The molecule has 7 atom stereocenters. The number of amides is 8. The summed E-state index contributed by atoms with van der Waals surface area (Å²) < 4.78 is 0. The van der Waals surface area contributed by atoms with Crippen LogP contribution in [-0.2, 0) is 51.2 Å². The van der Waals surface area contributed by atoms with Crippen molar-refractivity contribution in [2.24, 2.45) is 23.1 Å². The van der Waals surface area contributed by atoms with Gasteiger partial charge in [-0.15, -0.1) is 0 Å². The molecule has 0 aliphatic carbocycles. The summed E-state index contributed by atoms with van der Waals surface area (Å²) in [4.78, 5) is 108. The second-order valence-corrected chi connectivity index (χ2v) is 16.1. The van der Waals surface area contributed by atoms with Crippen LogP contribution in [0.5, 0.6) is 0 Å². The average molecular weight is 867 g/mol. The summed E-state index contributed by atoms with van der Waals surface area (Å²) in [5, 5.41) is 26.2. The molecule has 1 heterocycles. The van der Waals surface area contributed by atoms with Crippen molar-refractivity contribution >= 4 is 69.9 Å². The largest absolute Gasteiger partial charge is 0.394 e. The maximum absolute atomic E-state index is 14.2. The van der Waals surface area contributed by atoms with Crippen molar-refractivity contribution in [1.82, 2.24) is 36.9 Å². The first-order chi connectivity index (χ1) is 28.9. The van der Waals surface area contributed by atoms with E-state index in [0.717, 1.165) is 10.9 Å². The van der Waals surface area contributed by atoms with Crippen LogP contribution in [0.4, 0.5) is 0 Å². The van der Waals surface area contributed by atoms with Gasteiger partial charge in [-0.1, -0.05) is 62.4 Å². The lowest BCUT2D eigenvalue weighted by atomic mass is 10.0. The van der Waals surface area contributed by atoms with Gasteiger partial charge in [0.25, 0.3) is 0 Å². The molecule has 0 aliphatic heterocycles. The van der Waals surface area contributed by atoms with Crippen molar-refractivity contribution in [3.8, 4) is 0 Å². The molecule has 0 bridgehead atoms. The zero-order valence-corrected chi connectivity index (χ0v) is 35.5. The Bertz CT molecular complexity index is 1960. The second kappa shape index (κ2) is 24.3. The van der Waals surface area contributed by atoms with Crippen molar-refractivity contribution in [2.75, 3.05) is 18.6 Å². The molecule has 7 unspecified atom stereocenters. The van der Waals surface area contributed by atoms with E-state index in [1.54, 1.807) is 36.4 Å². The number of carbonyl (C=O) groups is 8. The third-order valence-electron chi connectivity index (χ3n) is 9.49. The number of aromatic amines is 1. The highest BCUT2D eigenvalue weighted by atomic mass is 32.2. The molecule has 0 aliphatic rings. The molecule has 0 fully saturated rings. The minimum atomic E-state index is -1.58. The standard InChI is InChI=1S/C41H58N10O9S/c1-22(2)16-30(39(58)47-29(35(44)54)14-15-61-4)48-36(55)23(3)45-38(57)32(19-26-18-25-12-8-9-13-28(25)46-26)50-40(59)31(17-24-10-6-5-7-11-24)49-41(60)33(21-52)51-37(56)27(42)20-34(43)53/h5-13,18,22-23,27,29-33,46,52H,14-17,19-21,42H2,1-4H3,(H2,43,53)(H2,44,54)(H,45,57)(H,47,58)(H,48,55)(H,49,60)(H,50,59)(H,51,56). The maximum atomic E-state index is 14.2. The lowest BCUT2D eigenvalue weighted by Crippen LogP contribution is -2.60. The highest BCUT2D eigenvalue weighted by Gasteiger charge is 2.33. The summed E-state index contributed by atoms with van der Waals surface area (Å²) in [6.45, 7) is 4.21. The van der Waals surface area contributed by atoms with Crippen LogP contribution in [-0.4, -0.2) is 118 Å². The van der Waals surface area contributed by atoms with Gasteiger partial charge in [-0.3, -0.25) is 38.4 Å². The van der Waals surface area contributed by atoms with E-state index < -0.39 is 103 Å². The van der Waals surface area contributed by atoms with Crippen LogP contribution in [0.1, 0.15) is 51.3 Å². The van der Waals surface area contributed by atoms with Crippen molar-refractivity contribution < 1.29 is 43.5 Å². The Morgan fingerprint density at radius 2 is 1.21 bits per heavy atom. The van der Waals surface area contributed by atoms with E-state index in [4.69, 9.17) is 17.2 Å². The van der Waals surface area contributed by atoms with Gasteiger partial charge < -0.3 is 59.2 Å². The molecule has 2 aromatic carbocycles. The van der Waals surface area contributed by atoms with Gasteiger partial charge >= 0.3 is 0 Å². The highest BCUT2D eigenvalue weighted by molar-refractivity contribution is 7.98. The van der Waals surface area contributed by atoms with Crippen LogP contribution in [0.15, 0.2) is 60.7 Å². The first-order valence-corrected chi connectivity index (χ1v) is 21.2. The number of aromatic nitrogens is 1. The van der Waals surface area contributed by atoms with E-state index in [1.165, 1.54) is 18.7 Å². The van der Waals surface area contributed by atoms with E-state index in [0.29, 0.717) is 23.4 Å². The average Bonchev–Trinajstić information content (AvgIpc) is 3.62. The molecule has 0 spiro atoms. The number of para-hydroxylation sites is 1. The number of hydrogen-bond acceptors (Lipinski definition) is 11. The number of fused-ring (bicyclic) bond motifs is 1. The van der Waals surface area contributed by atoms with Gasteiger partial charge in [0.1, 0.15) is 36.3 Å². The predicted octanol–water partition coefficient (Wildman–Crippen LogP) is -1.64. The molecule has 0 saturated carbocycles. The Balaban J connectivity index is 1.88. The fourth-order valence-corrected chi connectivity index (χ4v) is 6.70. The number of H-pyrrole nitrogens is 1. The third-order valence-corrected chi connectivity index (χ3v) is 10.1. The number of nitrogens with one attached hydrogen (secondary N) is 7. The van der Waals surface area contributed by atoms with Crippen LogP contribution >= 0.6 is 11.8 Å². The van der Waals surface area contributed by atoms with Gasteiger partial charge in [0, 0.05) is 24.1 Å². The Kier molecular flexibility index (Phi) is 19.7. The molecular weight excluding hydrogens is 809 g/mol. The number of aliphatic hydroxyl groups is 1. The SMILES string of the molecule is CSCCC(NC(=O)C(CC(C)C)NC(=O)C(C)NC(=O)C(Cc1cc2ccccc2[nH]1)NC(=O)C(Cc1ccccc1)NC(=O)C(CO)NC(=O)C(N)CC(N)=O)C(N)=O. The highest BCUT2D eigenvalue weighted by Crippen LogP contribution is 2.17. The molecule has 332 valence electrons. The van der Waals surface area contributed by atoms with Gasteiger partial charge in [0.2, 0.25) is 47.3 Å². The van der Waals surface area contributed by atoms with E-state index in [2.05, 4.69) is 36.9 Å². The Morgan fingerprint density at radius 3 is 1.80 bits per heavy atom. The molecule has 14 N–H and O–H groups in total. The van der Waals surface area contributed by atoms with E-state index in [1.807, 2.05) is 44.4 Å². The molecule has 19 nitrogen and oxygen atoms in total. The first-order valence-electron chi connectivity index (χ1n) is 19.8. The Morgan fingerprint density at radius 1 is 0.672 bits per heavy atom. The monoisotopic (exact) mass is 866 g/mol. The molecule has 0 saturated heterocycles. The summed E-state index contributed by atoms with van der Waals surface area (Å²) in [7, 11) is 0. The third kappa shape index (κ3) is 16.2. The predicted molar refractivity (Wildman–Crippen MR) is 230 cm³/mol. The minimum Gasteiger partial charge on any atom is -0.394 e. The fourth-order valence-electron chi connectivity index (χ4n) is 6.23. The number of carbonyl (C=O) groups excluding carboxylic acids is 8. The molecule has 61 heavy (non-hydrogen) atoms. The number of rotatable bonds is 25. The quantitative estimate of drug-likeness (QED) is 0.0459. The van der Waals surface area contributed by atoms with Gasteiger partial charge in [0.15, 0.2) is 0 Å². The van der Waals surface area contributed by atoms with Gasteiger partial charge in [-0.05, 0) is 60.8 Å². The summed E-state index contributed by atoms with van der Waals surface area (Å²) in [6, 6.07) is 8.82. The van der Waals surface area contributed by atoms with Crippen molar-refractivity contribution in [3.05, 3.63) is 71.9 Å². The zero-order chi connectivity index (χ0) is 45.2. The summed E-state index contributed by atoms with van der Waals surface area (Å²) in [5.74, 6) is -5.90. The molecule has 1 aromatic heterocycles. The van der Waals surface area contributed by atoms with Crippen molar-refractivity contribution in [1.29, 1.82) is 0 Å². The van der Waals surface area contributed by atoms with Gasteiger partial charge in [0.05, 0.1) is 19.1 Å². The maximum Gasteiger partial charge on any atom is 0.245 e. The molecular formula is C41H58N10O9S. The summed E-state index contributed by atoms with van der Waals surface area (Å²) in [5.41, 5.74) is 18.3. The molecule has 3 rings (SSSR count). The molecule has 8 amide bonds. The summed E-state index contributed by atoms with van der Waals surface area (Å²) in [6.07, 6.45) is 1.65. The van der Waals surface area contributed by atoms with Crippen LogP contribution in [0, 0.1) is 5.92 Å². The topological polar surface area (TPSA) is 323 Å². The first kappa shape index (κ1) is 49.4.